The summed E-state index contributed by atoms with van der Waals surface area (Å²) < 4.78 is 0. The molecule has 1 aromatic rings. The number of benzene rings is 1. The highest BCUT2D eigenvalue weighted by atomic mass is 16.2. The number of amides is 3. The lowest BCUT2D eigenvalue weighted by Crippen LogP contribution is -2.59. The van der Waals surface area contributed by atoms with E-state index >= 15 is 0 Å². The fourth-order valence-corrected chi connectivity index (χ4v) is 3.23. The number of carbonyl (C=O) groups is 3. The maximum Gasteiger partial charge on any atom is 0.254 e. The van der Waals surface area contributed by atoms with Crippen LogP contribution in [0.3, 0.4) is 0 Å². The molecule has 1 saturated heterocycles. The van der Waals surface area contributed by atoms with E-state index in [9.17, 15) is 14.4 Å². The average Bonchev–Trinajstić information content (AvgIpc) is 3.14. The molecule has 7 nitrogen and oxygen atoms in total. The topological polar surface area (TPSA) is 119 Å². The standard InChI is InChI=1S/C18H26N4O3/c1-2-10-18(20,13-7-4-3-5-8-13)17(25)22(12-15(19)23)16(24)14-9-6-11-21-14/h3-5,7-8,14,21H,2,6,9-12,20H2,1H3,(H2,19,23)/t14-,18?/m0/s1. The number of nitrogens with two attached hydrogens (primary N) is 2. The van der Waals surface area contributed by atoms with Crippen LogP contribution in [0.1, 0.15) is 38.2 Å². The van der Waals surface area contributed by atoms with E-state index in [0.717, 1.165) is 11.3 Å². The first-order valence-corrected chi connectivity index (χ1v) is 8.62. The van der Waals surface area contributed by atoms with Gasteiger partial charge in [0.2, 0.25) is 11.8 Å². The minimum absolute atomic E-state index is 0.358. The molecule has 7 heteroatoms. The molecule has 0 spiro atoms. The van der Waals surface area contributed by atoms with Gasteiger partial charge in [0.15, 0.2) is 0 Å². The molecule has 0 bridgehead atoms. The lowest BCUT2D eigenvalue weighted by molar-refractivity contribution is -0.152. The Bertz CT molecular complexity index is 628. The van der Waals surface area contributed by atoms with Gasteiger partial charge in [0.25, 0.3) is 5.91 Å². The van der Waals surface area contributed by atoms with E-state index in [1.807, 2.05) is 13.0 Å². The second kappa shape index (κ2) is 8.22. The molecule has 1 heterocycles. The minimum atomic E-state index is -1.38. The third-order valence-corrected chi connectivity index (χ3v) is 4.50. The summed E-state index contributed by atoms with van der Waals surface area (Å²) in [5.41, 5.74) is 11.0. The molecule has 1 aliphatic heterocycles. The van der Waals surface area contributed by atoms with Gasteiger partial charge in [-0.2, -0.15) is 0 Å². The van der Waals surface area contributed by atoms with E-state index in [0.29, 0.717) is 31.4 Å². The lowest BCUT2D eigenvalue weighted by atomic mass is 9.85. The largest absolute Gasteiger partial charge is 0.368 e. The van der Waals surface area contributed by atoms with Crippen LogP contribution in [0.2, 0.25) is 0 Å². The molecule has 1 unspecified atom stereocenters. The molecule has 0 aliphatic carbocycles. The van der Waals surface area contributed by atoms with Crippen molar-refractivity contribution >= 4 is 17.7 Å². The lowest BCUT2D eigenvalue weighted by Gasteiger charge is -2.34. The number of hydrogen-bond acceptors (Lipinski definition) is 5. The van der Waals surface area contributed by atoms with Crippen LogP contribution in [0.25, 0.3) is 0 Å². The van der Waals surface area contributed by atoms with Crippen LogP contribution in [-0.2, 0) is 19.9 Å². The van der Waals surface area contributed by atoms with Gasteiger partial charge in [0, 0.05) is 0 Å². The van der Waals surface area contributed by atoms with E-state index in [1.54, 1.807) is 24.3 Å². The van der Waals surface area contributed by atoms with Crippen molar-refractivity contribution in [3.63, 3.8) is 0 Å². The van der Waals surface area contributed by atoms with Crippen LogP contribution in [0.5, 0.6) is 0 Å². The van der Waals surface area contributed by atoms with Crippen LogP contribution in [0, 0.1) is 0 Å². The van der Waals surface area contributed by atoms with E-state index in [2.05, 4.69) is 5.32 Å². The Morgan fingerprint density at radius 1 is 1.28 bits per heavy atom. The fourth-order valence-electron chi connectivity index (χ4n) is 3.23. The molecule has 5 N–H and O–H groups in total. The SMILES string of the molecule is CCCC(N)(C(=O)N(CC(N)=O)C(=O)[C@@H]1CCCN1)c1ccccc1. The smallest absolute Gasteiger partial charge is 0.254 e. The maximum atomic E-state index is 13.2. The summed E-state index contributed by atoms with van der Waals surface area (Å²) in [6, 6.07) is 8.44. The first kappa shape index (κ1) is 19.1. The predicted molar refractivity (Wildman–Crippen MR) is 94.2 cm³/mol. The molecule has 0 aromatic heterocycles. The number of primary amides is 1. The number of nitrogens with zero attached hydrogens (tertiary/aromatic N) is 1. The Balaban J connectivity index is 2.37. The highest BCUT2D eigenvalue weighted by Gasteiger charge is 2.42. The first-order chi connectivity index (χ1) is 11.9. The Kier molecular flexibility index (Phi) is 6.27. The molecule has 3 amide bonds. The van der Waals surface area contributed by atoms with E-state index in [1.165, 1.54) is 0 Å². The van der Waals surface area contributed by atoms with Gasteiger partial charge in [-0.25, -0.2) is 0 Å². The normalized spacial score (nSPS) is 19.2. The van der Waals surface area contributed by atoms with Crippen molar-refractivity contribution in [3.8, 4) is 0 Å². The maximum absolute atomic E-state index is 13.2. The third kappa shape index (κ3) is 4.24. The monoisotopic (exact) mass is 346 g/mol. The Morgan fingerprint density at radius 2 is 1.96 bits per heavy atom. The Labute approximate surface area is 147 Å². The Morgan fingerprint density at radius 3 is 2.48 bits per heavy atom. The summed E-state index contributed by atoms with van der Waals surface area (Å²) in [4.78, 5) is 38.4. The highest BCUT2D eigenvalue weighted by Crippen LogP contribution is 2.27. The van der Waals surface area contributed by atoms with Crippen molar-refractivity contribution in [2.75, 3.05) is 13.1 Å². The molecule has 1 aromatic carbocycles. The molecular formula is C18H26N4O3. The fraction of sp³-hybridized carbons (Fsp3) is 0.500. The molecule has 2 atom stereocenters. The zero-order valence-electron chi connectivity index (χ0n) is 14.5. The van der Waals surface area contributed by atoms with E-state index < -0.39 is 35.8 Å². The predicted octanol–water partition coefficient (Wildman–Crippen LogP) is 0.233. The molecule has 136 valence electrons. The van der Waals surface area contributed by atoms with E-state index in [4.69, 9.17) is 11.5 Å². The van der Waals surface area contributed by atoms with Crippen LogP contribution >= 0.6 is 0 Å². The van der Waals surface area contributed by atoms with E-state index in [-0.39, 0.29) is 0 Å². The molecule has 1 fully saturated rings. The number of imide groups is 1. The Hall–Kier alpha value is -2.25. The van der Waals surface area contributed by atoms with Crippen molar-refractivity contribution in [2.45, 2.75) is 44.2 Å². The molecule has 0 radical (unpaired) electrons. The van der Waals surface area contributed by atoms with Crippen molar-refractivity contribution in [1.82, 2.24) is 10.2 Å². The average molecular weight is 346 g/mol. The third-order valence-electron chi connectivity index (χ3n) is 4.50. The first-order valence-electron chi connectivity index (χ1n) is 8.62. The van der Waals surface area contributed by atoms with Gasteiger partial charge in [0.1, 0.15) is 12.1 Å². The number of nitrogens with one attached hydrogen (secondary N) is 1. The molecule has 1 aliphatic rings. The van der Waals surface area contributed by atoms with Crippen LogP contribution in [0.15, 0.2) is 30.3 Å². The van der Waals surface area contributed by atoms with Gasteiger partial charge in [-0.3, -0.25) is 19.3 Å². The van der Waals surface area contributed by atoms with Crippen molar-refractivity contribution in [1.29, 1.82) is 0 Å². The number of carbonyl (C=O) groups excluding carboxylic acids is 3. The van der Waals surface area contributed by atoms with Gasteiger partial charge >= 0.3 is 0 Å². The molecule has 0 saturated carbocycles. The van der Waals surface area contributed by atoms with Gasteiger partial charge < -0.3 is 16.8 Å². The molecule has 25 heavy (non-hydrogen) atoms. The second-order valence-electron chi connectivity index (χ2n) is 6.43. The van der Waals surface area contributed by atoms with Crippen molar-refractivity contribution in [3.05, 3.63) is 35.9 Å². The van der Waals surface area contributed by atoms with Gasteiger partial charge in [-0.1, -0.05) is 43.7 Å². The van der Waals surface area contributed by atoms with Crippen molar-refractivity contribution < 1.29 is 14.4 Å². The number of rotatable bonds is 7. The summed E-state index contributed by atoms with van der Waals surface area (Å²) in [6.45, 7) is 2.15. The summed E-state index contributed by atoms with van der Waals surface area (Å²) in [7, 11) is 0. The zero-order valence-corrected chi connectivity index (χ0v) is 14.5. The second-order valence-corrected chi connectivity index (χ2v) is 6.43. The van der Waals surface area contributed by atoms with Gasteiger partial charge in [-0.15, -0.1) is 0 Å². The van der Waals surface area contributed by atoms with Gasteiger partial charge in [0.05, 0.1) is 6.04 Å². The quantitative estimate of drug-likeness (QED) is 0.653. The van der Waals surface area contributed by atoms with Crippen LogP contribution in [0.4, 0.5) is 0 Å². The molecule has 2 rings (SSSR count). The van der Waals surface area contributed by atoms with Crippen LogP contribution < -0.4 is 16.8 Å². The minimum Gasteiger partial charge on any atom is -0.368 e. The summed E-state index contributed by atoms with van der Waals surface area (Å²) >= 11 is 0. The summed E-state index contributed by atoms with van der Waals surface area (Å²) in [5, 5.41) is 3.05. The van der Waals surface area contributed by atoms with Crippen molar-refractivity contribution in [2.24, 2.45) is 11.5 Å². The van der Waals surface area contributed by atoms with Gasteiger partial charge in [-0.05, 0) is 31.4 Å². The summed E-state index contributed by atoms with van der Waals surface area (Å²) in [5.74, 6) is -1.77. The summed E-state index contributed by atoms with van der Waals surface area (Å²) in [6.07, 6.45) is 2.47. The number of hydrogen-bond donors (Lipinski definition) is 3. The molecular weight excluding hydrogens is 320 g/mol. The highest BCUT2D eigenvalue weighted by molar-refractivity contribution is 6.04. The zero-order chi connectivity index (χ0) is 18.4. The van der Waals surface area contributed by atoms with Crippen LogP contribution in [-0.4, -0.2) is 41.8 Å².